The fraction of sp³-hybridized carbons (Fsp3) is 0.531. The van der Waals surface area contributed by atoms with Crippen LogP contribution in [0.5, 0.6) is 0 Å². The van der Waals surface area contributed by atoms with Gasteiger partial charge in [-0.1, -0.05) is 44.2 Å². The van der Waals surface area contributed by atoms with E-state index in [4.69, 9.17) is 14.5 Å². The number of fused-ring (bicyclic) bond motifs is 4. The number of nitrogens with one attached hydrogen (secondary N) is 2. The van der Waals surface area contributed by atoms with Crippen LogP contribution in [0.4, 0.5) is 0 Å². The maximum Gasteiger partial charge on any atom is 0.318 e. The summed E-state index contributed by atoms with van der Waals surface area (Å²) in [4.78, 5) is 60.3. The highest BCUT2D eigenvalue weighted by molar-refractivity contribution is 5.91. The summed E-state index contributed by atoms with van der Waals surface area (Å²) in [6, 6.07) is 7.81. The molecule has 0 aliphatic carbocycles. The van der Waals surface area contributed by atoms with E-state index in [9.17, 15) is 19.2 Å². The van der Waals surface area contributed by atoms with Crippen LogP contribution in [0.25, 0.3) is 17.0 Å². The number of hydrogen-bond acceptors (Lipinski definition) is 8. The van der Waals surface area contributed by atoms with Crippen LogP contribution in [0.2, 0.25) is 0 Å². The Morgan fingerprint density at radius 3 is 2.53 bits per heavy atom. The zero-order chi connectivity index (χ0) is 31.5. The number of carbonyl (C=O) groups is 4. The van der Waals surface area contributed by atoms with Gasteiger partial charge in [-0.15, -0.1) is 0 Å². The third-order valence-electron chi connectivity index (χ3n) is 8.23. The first-order valence-electron chi connectivity index (χ1n) is 14.8. The molecule has 2 aliphatic rings. The van der Waals surface area contributed by atoms with Gasteiger partial charge in [0.05, 0.1) is 23.9 Å². The second kappa shape index (κ2) is 13.2. The first-order valence-corrected chi connectivity index (χ1v) is 14.8. The number of nitrogens with zero attached hydrogens (tertiary/aromatic N) is 3. The van der Waals surface area contributed by atoms with Crippen molar-refractivity contribution >= 4 is 40.7 Å². The minimum absolute atomic E-state index is 0.0271. The highest BCUT2D eigenvalue weighted by Crippen LogP contribution is 2.27. The van der Waals surface area contributed by atoms with Crippen molar-refractivity contribution in [3.63, 3.8) is 0 Å². The lowest BCUT2D eigenvalue weighted by Gasteiger charge is -2.37. The number of esters is 1. The minimum atomic E-state index is -1.20. The lowest BCUT2D eigenvalue weighted by atomic mass is 9.90. The zero-order valence-electron chi connectivity index (χ0n) is 26.0. The van der Waals surface area contributed by atoms with E-state index < -0.39 is 35.5 Å². The number of hydrazine groups is 1. The Morgan fingerprint density at radius 1 is 1.12 bits per heavy atom. The monoisotopic (exact) mass is 593 g/mol. The van der Waals surface area contributed by atoms with Crippen molar-refractivity contribution in [1.29, 1.82) is 0 Å². The highest BCUT2D eigenvalue weighted by Gasteiger charge is 2.39. The number of methoxy groups -OCH3 is 1. The molecule has 11 heteroatoms. The van der Waals surface area contributed by atoms with Crippen LogP contribution in [-0.2, 0) is 28.7 Å². The molecule has 0 radical (unpaired) electrons. The van der Waals surface area contributed by atoms with Gasteiger partial charge in [0.2, 0.25) is 5.91 Å². The van der Waals surface area contributed by atoms with E-state index in [1.165, 1.54) is 12.1 Å². The summed E-state index contributed by atoms with van der Waals surface area (Å²) >= 11 is 0. The van der Waals surface area contributed by atoms with Crippen molar-refractivity contribution in [3.05, 3.63) is 47.7 Å². The maximum atomic E-state index is 13.5. The Balaban J connectivity index is 1.77. The molecular formula is C32H43N5O6. The van der Waals surface area contributed by atoms with E-state index in [2.05, 4.69) is 10.7 Å². The Morgan fingerprint density at radius 2 is 1.84 bits per heavy atom. The summed E-state index contributed by atoms with van der Waals surface area (Å²) < 4.78 is 11.2. The normalized spacial score (nSPS) is 28.7. The molecule has 4 rings (SSSR count). The average molecular weight is 594 g/mol. The molecule has 43 heavy (non-hydrogen) atoms. The summed E-state index contributed by atoms with van der Waals surface area (Å²) in [5.41, 5.74) is 4.15. The Hall–Kier alpha value is -3.83. The molecule has 5 atom stereocenters. The molecule has 5 bridgehead atoms. The van der Waals surface area contributed by atoms with Crippen molar-refractivity contribution in [2.45, 2.75) is 71.7 Å². The van der Waals surface area contributed by atoms with Crippen molar-refractivity contribution in [2.75, 3.05) is 27.3 Å². The maximum absolute atomic E-state index is 13.5. The smallest absolute Gasteiger partial charge is 0.318 e. The molecule has 0 spiro atoms. The number of aromatic nitrogens is 1. The van der Waals surface area contributed by atoms with Gasteiger partial charge in [0, 0.05) is 26.1 Å². The van der Waals surface area contributed by atoms with Crippen molar-refractivity contribution < 1.29 is 28.7 Å². The topological polar surface area (TPSA) is 130 Å². The number of rotatable bonds is 3. The van der Waals surface area contributed by atoms with E-state index in [0.29, 0.717) is 19.4 Å². The van der Waals surface area contributed by atoms with Crippen LogP contribution >= 0.6 is 0 Å². The van der Waals surface area contributed by atoms with Crippen LogP contribution in [-0.4, -0.2) is 84.1 Å². The molecule has 1 aromatic carbocycles. The molecule has 2 aromatic rings. The van der Waals surface area contributed by atoms with Crippen molar-refractivity contribution in [2.24, 2.45) is 11.3 Å². The minimum Gasteiger partial charge on any atom is -0.451 e. The molecule has 0 saturated carbocycles. The molecule has 11 nitrogen and oxygen atoms in total. The van der Waals surface area contributed by atoms with Crippen molar-refractivity contribution in [1.82, 2.24) is 25.6 Å². The molecule has 1 fully saturated rings. The fourth-order valence-corrected chi connectivity index (χ4v) is 5.33. The van der Waals surface area contributed by atoms with Crippen LogP contribution in [0.15, 0.2) is 36.4 Å². The summed E-state index contributed by atoms with van der Waals surface area (Å²) in [6.07, 6.45) is 3.56. The second-order valence-electron chi connectivity index (χ2n) is 12.1. The number of pyridine rings is 1. The number of amides is 3. The predicted octanol–water partition coefficient (Wildman–Crippen LogP) is 3.00. The van der Waals surface area contributed by atoms with Gasteiger partial charge in [-0.2, -0.15) is 0 Å². The fourth-order valence-electron chi connectivity index (χ4n) is 5.33. The van der Waals surface area contributed by atoms with E-state index in [1.807, 2.05) is 37.3 Å². The summed E-state index contributed by atoms with van der Waals surface area (Å²) in [6.45, 7) is 9.14. The van der Waals surface area contributed by atoms with Gasteiger partial charge in [0.1, 0.15) is 17.5 Å². The summed E-state index contributed by atoms with van der Waals surface area (Å²) in [5.74, 6) is -2.11. The van der Waals surface area contributed by atoms with Crippen LogP contribution in [0.1, 0.15) is 64.8 Å². The molecule has 1 saturated heterocycles. The first kappa shape index (κ1) is 32.1. The standard InChI is InChI=1S/C32H43N5O6/c1-19(2)27-28(38)33-20(3)29(39)37-16-8-9-25(35-37)30(40)36(6)21(4)24-13-12-23-11-10-22(17-26(23)34-24)14-15-32(5,18-42-7)31(41)43-27/h10-15,17,19-21,25,27,35H,8-9,16,18H2,1-7H3,(H,33,38)/b15-14+/t20-,21+,25-,27?,32+/m0/s1. The van der Waals surface area contributed by atoms with Gasteiger partial charge in [0.25, 0.3) is 11.8 Å². The lowest BCUT2D eigenvalue weighted by Crippen LogP contribution is -2.61. The van der Waals surface area contributed by atoms with Gasteiger partial charge in [-0.05, 0) is 57.2 Å². The second-order valence-corrected chi connectivity index (χ2v) is 12.1. The van der Waals surface area contributed by atoms with Gasteiger partial charge in [-0.3, -0.25) is 29.2 Å². The van der Waals surface area contributed by atoms with Gasteiger partial charge < -0.3 is 19.7 Å². The Labute approximate surface area is 252 Å². The van der Waals surface area contributed by atoms with E-state index in [0.717, 1.165) is 22.2 Å². The molecule has 2 aliphatic heterocycles. The zero-order valence-corrected chi connectivity index (χ0v) is 26.0. The molecule has 3 heterocycles. The molecule has 1 unspecified atom stereocenters. The predicted molar refractivity (Wildman–Crippen MR) is 162 cm³/mol. The van der Waals surface area contributed by atoms with E-state index in [1.54, 1.807) is 51.8 Å². The number of likely N-dealkylation sites (N-methyl/N-ethyl adjacent to an activating group) is 1. The molecule has 232 valence electrons. The van der Waals surface area contributed by atoms with Crippen molar-refractivity contribution in [3.8, 4) is 0 Å². The van der Waals surface area contributed by atoms with Crippen LogP contribution < -0.4 is 10.7 Å². The van der Waals surface area contributed by atoms with Crippen LogP contribution in [0, 0.1) is 11.3 Å². The van der Waals surface area contributed by atoms with Gasteiger partial charge >= 0.3 is 5.97 Å². The summed E-state index contributed by atoms with van der Waals surface area (Å²) in [5, 5.41) is 5.04. The number of ether oxygens (including phenoxy) is 2. The first-order chi connectivity index (χ1) is 20.3. The number of benzene rings is 1. The van der Waals surface area contributed by atoms with E-state index in [-0.39, 0.29) is 30.4 Å². The van der Waals surface area contributed by atoms with Crippen LogP contribution in [0.3, 0.4) is 0 Å². The molecular weight excluding hydrogens is 550 g/mol. The number of cyclic esters (lactones) is 1. The molecule has 1 aromatic heterocycles. The lowest BCUT2D eigenvalue weighted by molar-refractivity contribution is -0.168. The largest absolute Gasteiger partial charge is 0.451 e. The number of hydrogen-bond donors (Lipinski definition) is 2. The van der Waals surface area contributed by atoms with E-state index >= 15 is 0 Å². The third-order valence-corrected chi connectivity index (χ3v) is 8.23. The van der Waals surface area contributed by atoms with Gasteiger partial charge in [0.15, 0.2) is 6.10 Å². The average Bonchev–Trinajstić information content (AvgIpc) is 3.00. The highest BCUT2D eigenvalue weighted by atomic mass is 16.6. The molecule has 3 amide bonds. The quantitative estimate of drug-likeness (QED) is 0.520. The SMILES string of the molecule is COC[C@@]1(C)/C=C/c2ccc3ccc(nc3c2)[C@@H](C)N(C)C(=O)[C@@H]2CCCN(N2)C(=O)[C@H](C)NC(=O)C(C(C)C)OC1=O. The Kier molecular flexibility index (Phi) is 9.86. The third kappa shape index (κ3) is 7.05. The number of carbonyl (C=O) groups excluding carboxylic acids is 4. The molecule has 2 N–H and O–H groups in total. The van der Waals surface area contributed by atoms with Gasteiger partial charge in [-0.25, -0.2) is 5.43 Å². The summed E-state index contributed by atoms with van der Waals surface area (Å²) in [7, 11) is 3.23. The Bertz CT molecular complexity index is 1410.